The van der Waals surface area contributed by atoms with E-state index in [1.54, 1.807) is 0 Å². The first-order valence-electron chi connectivity index (χ1n) is 4.64. The molecule has 1 rings (SSSR count). The highest BCUT2D eigenvalue weighted by Gasteiger charge is 2.03. The van der Waals surface area contributed by atoms with Crippen LogP contribution < -0.4 is 10.3 Å². The van der Waals surface area contributed by atoms with Gasteiger partial charge in [0.1, 0.15) is 12.4 Å². The first-order chi connectivity index (χ1) is 7.40. The first-order valence-corrected chi connectivity index (χ1v) is 5.97. The normalized spacial score (nSPS) is 10.8. The largest absolute Gasteiger partial charge is 0.726 e. The third-order valence-electron chi connectivity index (χ3n) is 1.80. The number of hydrogen-bond acceptors (Lipinski definition) is 5. The van der Waals surface area contributed by atoms with Gasteiger partial charge in [0.15, 0.2) is 0 Å². The van der Waals surface area contributed by atoms with Crippen LogP contribution in [-0.4, -0.2) is 31.6 Å². The fourth-order valence-corrected chi connectivity index (χ4v) is 0.955. The van der Waals surface area contributed by atoms with E-state index < -0.39 is 10.4 Å². The van der Waals surface area contributed by atoms with Crippen LogP contribution in [0.15, 0.2) is 12.4 Å². The second-order valence-corrected chi connectivity index (χ2v) is 4.13. The molecule has 0 unspecified atom stereocenters. The Morgan fingerprint density at radius 2 is 2.19 bits per heavy atom. The lowest BCUT2D eigenvalue weighted by Crippen LogP contribution is -2.30. The first kappa shape index (κ1) is 15.0. The molecule has 16 heavy (non-hydrogen) atoms. The summed E-state index contributed by atoms with van der Waals surface area (Å²) in [5, 5.41) is 0. The highest BCUT2D eigenvalue weighted by atomic mass is 32.3. The maximum Gasteiger partial charge on any atom is 0.254 e. The highest BCUT2D eigenvalue weighted by molar-refractivity contribution is 7.80. The zero-order chi connectivity index (χ0) is 12.6. The topological polar surface area (TPSA) is 112 Å². The summed E-state index contributed by atoms with van der Waals surface area (Å²) >= 11 is 0. The lowest BCUT2D eigenvalue weighted by Gasteiger charge is -1.98. The van der Waals surface area contributed by atoms with Crippen LogP contribution in [0.3, 0.4) is 0 Å². The number of nitrogens with zero attached hydrogens (tertiary/aromatic N) is 1. The van der Waals surface area contributed by atoms with Crippen molar-refractivity contribution in [3.8, 4) is 0 Å². The molecule has 0 radical (unpaired) electrons. The molecule has 0 aliphatic heterocycles. The number of hydrogen-bond donors (Lipinski definition) is 2. The Hall–Kier alpha value is -0.960. The lowest BCUT2D eigenvalue weighted by atomic mass is 10.3. The summed E-state index contributed by atoms with van der Waals surface area (Å²) in [5.41, 5.74) is 5.37. The van der Waals surface area contributed by atoms with Crippen molar-refractivity contribution in [2.45, 2.75) is 12.8 Å². The van der Waals surface area contributed by atoms with Crippen LogP contribution >= 0.6 is 0 Å². The van der Waals surface area contributed by atoms with Gasteiger partial charge in [-0.2, -0.15) is 0 Å². The van der Waals surface area contributed by atoms with Crippen molar-refractivity contribution in [3.63, 3.8) is 0 Å². The SMILES string of the molecule is COS(=O)(=O)[O-].C[n+]1cc[nH]c1CCCN. The van der Waals surface area contributed by atoms with Gasteiger partial charge in [-0.1, -0.05) is 0 Å². The van der Waals surface area contributed by atoms with Crippen LogP contribution in [0.4, 0.5) is 0 Å². The molecule has 94 valence electrons. The van der Waals surface area contributed by atoms with Crippen LogP contribution in [0.5, 0.6) is 0 Å². The average Bonchev–Trinajstić information content (AvgIpc) is 2.61. The van der Waals surface area contributed by atoms with Gasteiger partial charge in [-0.25, -0.2) is 18.0 Å². The Labute approximate surface area is 95.2 Å². The molecule has 0 atom stereocenters. The molecule has 8 heteroatoms. The van der Waals surface area contributed by atoms with Crippen molar-refractivity contribution in [2.75, 3.05) is 13.7 Å². The molecule has 7 nitrogen and oxygen atoms in total. The third-order valence-corrected chi connectivity index (χ3v) is 2.20. The number of nitrogens with one attached hydrogen (secondary N) is 1. The second-order valence-electron chi connectivity index (χ2n) is 2.98. The summed E-state index contributed by atoms with van der Waals surface area (Å²) in [6, 6.07) is 0. The zero-order valence-corrected chi connectivity index (χ0v) is 10.2. The zero-order valence-electron chi connectivity index (χ0n) is 9.34. The van der Waals surface area contributed by atoms with Gasteiger partial charge in [0.25, 0.3) is 5.82 Å². The fraction of sp³-hybridized carbons (Fsp3) is 0.625. The number of nitrogens with two attached hydrogens (primary N) is 1. The molecule has 1 aromatic heterocycles. The van der Waals surface area contributed by atoms with Gasteiger partial charge in [0.05, 0.1) is 20.6 Å². The van der Waals surface area contributed by atoms with E-state index in [1.165, 1.54) is 5.82 Å². The standard InChI is InChI=1S/C7H13N3.CH4O4S/c1-10-6-5-9-7(10)3-2-4-8;1-5-6(2,3)4/h5-6H,2-4,8H2,1H3;1H3,(H,2,3,4). The third kappa shape index (κ3) is 7.35. The molecule has 0 aromatic carbocycles. The molecule has 0 aliphatic rings. The van der Waals surface area contributed by atoms with Crippen molar-refractivity contribution in [3.05, 3.63) is 18.2 Å². The van der Waals surface area contributed by atoms with Crippen molar-refractivity contribution in [1.82, 2.24) is 4.98 Å². The number of H-pyrrole nitrogens is 1. The van der Waals surface area contributed by atoms with Gasteiger partial charge >= 0.3 is 0 Å². The van der Waals surface area contributed by atoms with E-state index in [9.17, 15) is 13.0 Å². The molecule has 0 fully saturated rings. The van der Waals surface area contributed by atoms with Gasteiger partial charge in [-0.05, 0) is 13.0 Å². The fourth-order valence-electron chi connectivity index (χ4n) is 0.955. The number of rotatable bonds is 4. The number of aryl methyl sites for hydroxylation is 2. The molecule has 0 amide bonds. The molecule has 1 heterocycles. The summed E-state index contributed by atoms with van der Waals surface area (Å²) in [7, 11) is -1.57. The summed E-state index contributed by atoms with van der Waals surface area (Å²) in [4.78, 5) is 3.15. The summed E-state index contributed by atoms with van der Waals surface area (Å²) in [6.45, 7) is 0.763. The summed E-state index contributed by atoms with van der Waals surface area (Å²) < 4.78 is 33.1. The molecular formula is C8H17N3O4S. The van der Waals surface area contributed by atoms with E-state index in [2.05, 4.69) is 13.7 Å². The minimum absolute atomic E-state index is 0.763. The number of aromatic nitrogens is 2. The quantitative estimate of drug-likeness (QED) is 0.397. The van der Waals surface area contributed by atoms with Crippen molar-refractivity contribution in [2.24, 2.45) is 12.8 Å². The summed E-state index contributed by atoms with van der Waals surface area (Å²) in [5.74, 6) is 1.24. The minimum Gasteiger partial charge on any atom is -0.726 e. The second kappa shape index (κ2) is 7.34. The lowest BCUT2D eigenvalue weighted by molar-refractivity contribution is -0.677. The molecule has 1 aromatic rings. The average molecular weight is 251 g/mol. The molecule has 0 spiro atoms. The van der Waals surface area contributed by atoms with Crippen LogP contribution in [0.25, 0.3) is 0 Å². The summed E-state index contributed by atoms with van der Waals surface area (Å²) in [6.07, 6.45) is 6.03. The van der Waals surface area contributed by atoms with E-state index in [1.807, 2.05) is 19.4 Å². The van der Waals surface area contributed by atoms with Gasteiger partial charge in [0.2, 0.25) is 10.4 Å². The predicted molar refractivity (Wildman–Crippen MR) is 56.1 cm³/mol. The Morgan fingerprint density at radius 1 is 1.62 bits per heavy atom. The van der Waals surface area contributed by atoms with Gasteiger partial charge in [-0.15, -0.1) is 0 Å². The predicted octanol–water partition coefficient (Wildman–Crippen LogP) is -1.18. The van der Waals surface area contributed by atoms with Crippen molar-refractivity contribution < 1.29 is 21.7 Å². The molecule has 0 saturated carbocycles. The van der Waals surface area contributed by atoms with Gasteiger partial charge in [0, 0.05) is 0 Å². The van der Waals surface area contributed by atoms with E-state index in [0.717, 1.165) is 26.5 Å². The number of aromatic amines is 1. The van der Waals surface area contributed by atoms with Gasteiger partial charge < -0.3 is 10.3 Å². The Kier molecular flexibility index (Phi) is 6.90. The molecule has 0 saturated heterocycles. The van der Waals surface area contributed by atoms with Gasteiger partial charge in [-0.3, -0.25) is 4.18 Å². The van der Waals surface area contributed by atoms with Crippen LogP contribution in [0.1, 0.15) is 12.2 Å². The Balaban J connectivity index is 0.000000325. The molecule has 0 aliphatic carbocycles. The molecular weight excluding hydrogens is 234 g/mol. The smallest absolute Gasteiger partial charge is 0.254 e. The Bertz CT molecular complexity index is 388. The highest BCUT2D eigenvalue weighted by Crippen LogP contribution is 1.89. The maximum atomic E-state index is 9.22. The van der Waals surface area contributed by atoms with E-state index in [4.69, 9.17) is 5.73 Å². The van der Waals surface area contributed by atoms with E-state index in [0.29, 0.717) is 0 Å². The van der Waals surface area contributed by atoms with Crippen molar-refractivity contribution >= 4 is 10.4 Å². The van der Waals surface area contributed by atoms with E-state index >= 15 is 0 Å². The Morgan fingerprint density at radius 3 is 2.50 bits per heavy atom. The van der Waals surface area contributed by atoms with Crippen molar-refractivity contribution in [1.29, 1.82) is 0 Å². The monoisotopic (exact) mass is 251 g/mol. The molecule has 0 bridgehead atoms. The molecule has 3 N–H and O–H groups in total. The van der Waals surface area contributed by atoms with E-state index in [-0.39, 0.29) is 0 Å². The maximum absolute atomic E-state index is 9.22. The van der Waals surface area contributed by atoms with Crippen LogP contribution in [-0.2, 0) is 28.1 Å². The van der Waals surface area contributed by atoms with Crippen LogP contribution in [0.2, 0.25) is 0 Å². The van der Waals surface area contributed by atoms with Crippen LogP contribution in [0, 0.1) is 0 Å². The number of imidazole rings is 1. The minimum atomic E-state index is -4.41.